The monoisotopic (exact) mass is 479 g/mol. The van der Waals surface area contributed by atoms with E-state index in [0.29, 0.717) is 11.8 Å². The van der Waals surface area contributed by atoms with Crippen LogP contribution in [0.1, 0.15) is 79.4 Å². The number of fused-ring (bicyclic) bond motifs is 5. The predicted octanol–water partition coefficient (Wildman–Crippen LogP) is 7.80. The predicted molar refractivity (Wildman–Crippen MR) is 144 cm³/mol. The quantitative estimate of drug-likeness (QED) is 0.333. The second-order valence-electron chi connectivity index (χ2n) is 11.9. The van der Waals surface area contributed by atoms with Crippen molar-refractivity contribution in [1.29, 1.82) is 0 Å². The largest absolute Gasteiger partial charge is 0.458 e. The number of carbonyl (C=O) groups is 1. The van der Waals surface area contributed by atoms with Gasteiger partial charge in [0.15, 0.2) is 0 Å². The Morgan fingerprint density at radius 2 is 1.83 bits per heavy atom. The number of hydrogen-bond acceptors (Lipinski definition) is 3. The van der Waals surface area contributed by atoms with E-state index in [1.165, 1.54) is 29.6 Å². The van der Waals surface area contributed by atoms with Crippen LogP contribution in [-0.2, 0) is 4.74 Å². The Kier molecular flexibility index (Phi) is 5.59. The molecular weight excluding hydrogens is 442 g/mol. The van der Waals surface area contributed by atoms with Crippen LogP contribution in [0.2, 0.25) is 0 Å². The Morgan fingerprint density at radius 1 is 1.03 bits per heavy atom. The lowest BCUT2D eigenvalue weighted by Gasteiger charge is -2.56. The van der Waals surface area contributed by atoms with E-state index < -0.39 is 0 Å². The van der Waals surface area contributed by atoms with Crippen molar-refractivity contribution in [3.8, 4) is 0 Å². The van der Waals surface area contributed by atoms with Gasteiger partial charge in [-0.2, -0.15) is 0 Å². The van der Waals surface area contributed by atoms with Crippen LogP contribution in [0.5, 0.6) is 0 Å². The fourth-order valence-electron chi connectivity index (χ4n) is 8.02. The van der Waals surface area contributed by atoms with Gasteiger partial charge in [0.1, 0.15) is 6.10 Å². The summed E-state index contributed by atoms with van der Waals surface area (Å²) < 4.78 is 6.11. The number of nitrogens with zero attached hydrogens (tertiary/aromatic N) is 1. The highest BCUT2D eigenvalue weighted by Crippen LogP contribution is 2.64. The maximum atomic E-state index is 13.1. The van der Waals surface area contributed by atoms with Crippen molar-refractivity contribution in [1.82, 2.24) is 4.98 Å². The van der Waals surface area contributed by atoms with Crippen molar-refractivity contribution in [2.45, 2.75) is 72.3 Å². The smallest absolute Gasteiger partial charge is 0.338 e. The second kappa shape index (κ2) is 8.57. The fraction of sp³-hybridized carbons (Fsp3) is 0.455. The first-order valence-electron chi connectivity index (χ1n) is 13.6. The summed E-state index contributed by atoms with van der Waals surface area (Å²) >= 11 is 0. The third-order valence-corrected chi connectivity index (χ3v) is 10.0. The zero-order chi connectivity index (χ0) is 25.1. The van der Waals surface area contributed by atoms with E-state index in [4.69, 9.17) is 4.74 Å². The van der Waals surface area contributed by atoms with Crippen molar-refractivity contribution in [2.75, 3.05) is 0 Å². The average molecular weight is 480 g/mol. The van der Waals surface area contributed by atoms with Gasteiger partial charge < -0.3 is 4.74 Å². The van der Waals surface area contributed by atoms with Gasteiger partial charge in [0.05, 0.1) is 5.56 Å². The van der Waals surface area contributed by atoms with Crippen molar-refractivity contribution >= 4 is 11.5 Å². The molecule has 1 aromatic carbocycles. The summed E-state index contributed by atoms with van der Waals surface area (Å²) in [4.78, 5) is 17.5. The number of carbonyl (C=O) groups excluding carboxylic acids is 1. The van der Waals surface area contributed by atoms with Crippen LogP contribution in [0, 0.1) is 36.5 Å². The van der Waals surface area contributed by atoms with Gasteiger partial charge in [-0.05, 0) is 91.5 Å². The first kappa shape index (κ1) is 23.5. The highest BCUT2D eigenvalue weighted by Gasteiger charge is 2.54. The molecule has 4 aliphatic carbocycles. The van der Waals surface area contributed by atoms with Gasteiger partial charge in [0, 0.05) is 24.2 Å². The number of rotatable bonds is 3. The van der Waals surface area contributed by atoms with Crippen molar-refractivity contribution in [3.05, 3.63) is 94.4 Å². The van der Waals surface area contributed by atoms with Gasteiger partial charge in [-0.3, -0.25) is 4.98 Å². The first-order chi connectivity index (χ1) is 17.3. The van der Waals surface area contributed by atoms with Crippen molar-refractivity contribution < 1.29 is 9.53 Å². The van der Waals surface area contributed by atoms with E-state index in [-0.39, 0.29) is 22.9 Å². The summed E-state index contributed by atoms with van der Waals surface area (Å²) in [6, 6.07) is 10.2. The van der Waals surface area contributed by atoms with Gasteiger partial charge >= 0.3 is 5.97 Å². The zero-order valence-electron chi connectivity index (χ0n) is 22.0. The highest BCUT2D eigenvalue weighted by atomic mass is 16.5. The minimum absolute atomic E-state index is 0.0224. The van der Waals surface area contributed by atoms with Gasteiger partial charge in [-0.25, -0.2) is 4.79 Å². The van der Waals surface area contributed by atoms with Gasteiger partial charge in [-0.15, -0.1) is 0 Å². The Labute approximate surface area is 215 Å². The Balaban J connectivity index is 1.21. The summed E-state index contributed by atoms with van der Waals surface area (Å²) in [7, 11) is 0. The SMILES string of the molecule is Cc1cccc(C)c1C(=O)O[C@@H]1CC[C@@]2(C)C(=CC[C@H]3C4=CC=C(c5cccnc5)[C@@]4(C)CC[C@@H]32)C1. The summed E-state index contributed by atoms with van der Waals surface area (Å²) in [5.74, 6) is 1.09. The van der Waals surface area contributed by atoms with E-state index in [1.807, 2.05) is 50.5 Å². The molecular formula is C33H37NO2. The molecule has 1 aromatic heterocycles. The molecule has 3 nitrogen and oxygen atoms in total. The first-order valence-corrected chi connectivity index (χ1v) is 13.6. The number of allylic oxidation sites excluding steroid dienone is 5. The third kappa shape index (κ3) is 3.54. The van der Waals surface area contributed by atoms with Crippen LogP contribution in [0.15, 0.2) is 72.1 Å². The highest BCUT2D eigenvalue weighted by molar-refractivity contribution is 5.92. The van der Waals surface area contributed by atoms with Crippen LogP contribution in [0.3, 0.4) is 0 Å². The molecule has 2 fully saturated rings. The molecule has 5 atom stereocenters. The van der Waals surface area contributed by atoms with Crippen LogP contribution in [-0.4, -0.2) is 17.1 Å². The number of hydrogen-bond donors (Lipinski definition) is 0. The minimum Gasteiger partial charge on any atom is -0.458 e. The Hall–Kier alpha value is -2.94. The number of aromatic nitrogens is 1. The molecule has 0 saturated heterocycles. The summed E-state index contributed by atoms with van der Waals surface area (Å²) in [5.41, 5.74) is 8.88. The molecule has 1 heterocycles. The lowest BCUT2D eigenvalue weighted by molar-refractivity contribution is 0.00235. The van der Waals surface area contributed by atoms with Crippen LogP contribution < -0.4 is 0 Å². The fourth-order valence-corrected chi connectivity index (χ4v) is 8.02. The number of pyridine rings is 1. The third-order valence-electron chi connectivity index (χ3n) is 10.0. The van der Waals surface area contributed by atoms with Gasteiger partial charge in [0.2, 0.25) is 0 Å². The minimum atomic E-state index is -0.160. The normalized spacial score (nSPS) is 32.9. The lowest BCUT2D eigenvalue weighted by atomic mass is 9.49. The van der Waals surface area contributed by atoms with E-state index in [9.17, 15) is 4.79 Å². The molecule has 6 rings (SSSR count). The van der Waals surface area contributed by atoms with Gasteiger partial charge in [-0.1, -0.05) is 67.5 Å². The van der Waals surface area contributed by atoms with Crippen molar-refractivity contribution in [2.24, 2.45) is 22.7 Å². The molecule has 0 bridgehead atoms. The molecule has 2 aromatic rings. The van der Waals surface area contributed by atoms with Crippen molar-refractivity contribution in [3.63, 3.8) is 0 Å². The second-order valence-corrected chi connectivity index (χ2v) is 11.9. The average Bonchev–Trinajstić information content (AvgIpc) is 3.22. The maximum Gasteiger partial charge on any atom is 0.338 e. The number of esters is 1. The number of aryl methyl sites for hydroxylation is 2. The standard InChI is InChI=1S/C33H37NO2/c1-21-7-5-8-22(2)30(21)31(35)36-25-14-16-32(3)24(19-25)10-11-26-28-13-12-27(23-9-6-18-34-20-23)33(28,4)17-15-29(26)32/h5-10,12-13,18,20,25-26,29H,11,14-17,19H2,1-4H3/t25-,26+,29+,32+,33-/m1/s1. The molecule has 4 aliphatic rings. The van der Waals surface area contributed by atoms with E-state index in [0.717, 1.165) is 42.4 Å². The molecule has 0 amide bonds. The topological polar surface area (TPSA) is 39.2 Å². The maximum absolute atomic E-state index is 13.1. The van der Waals surface area contributed by atoms with Crippen LogP contribution >= 0.6 is 0 Å². The summed E-state index contributed by atoms with van der Waals surface area (Å²) in [6.45, 7) is 8.93. The Morgan fingerprint density at radius 3 is 2.58 bits per heavy atom. The molecule has 186 valence electrons. The van der Waals surface area contributed by atoms with Gasteiger partial charge in [0.25, 0.3) is 0 Å². The van der Waals surface area contributed by atoms with Crippen LogP contribution in [0.4, 0.5) is 0 Å². The lowest BCUT2D eigenvalue weighted by Crippen LogP contribution is -2.47. The van der Waals surface area contributed by atoms with Crippen LogP contribution in [0.25, 0.3) is 5.57 Å². The molecule has 2 saturated carbocycles. The zero-order valence-corrected chi connectivity index (χ0v) is 22.0. The molecule has 0 radical (unpaired) electrons. The molecule has 0 unspecified atom stereocenters. The molecule has 3 heteroatoms. The molecule has 0 spiro atoms. The molecule has 0 aliphatic heterocycles. The molecule has 36 heavy (non-hydrogen) atoms. The summed E-state index contributed by atoms with van der Waals surface area (Å²) in [5, 5.41) is 0. The van der Waals surface area contributed by atoms with E-state index in [2.05, 4.69) is 43.1 Å². The summed E-state index contributed by atoms with van der Waals surface area (Å²) in [6.07, 6.45) is 17.6. The number of ether oxygens (including phenoxy) is 1. The number of benzene rings is 1. The van der Waals surface area contributed by atoms with E-state index >= 15 is 0 Å². The Bertz CT molecular complexity index is 1280. The molecule has 0 N–H and O–H groups in total. The van der Waals surface area contributed by atoms with E-state index in [1.54, 1.807) is 5.57 Å².